The molecule has 214 valence electrons. The molecule has 1 N–H and O–H groups in total. The molecule has 0 aliphatic rings. The molecule has 0 unspecified atom stereocenters. The molecule has 3 aromatic carbocycles. The summed E-state index contributed by atoms with van der Waals surface area (Å²) in [5.41, 5.74) is 1.47. The van der Waals surface area contributed by atoms with E-state index in [4.69, 9.17) is 46.4 Å². The lowest BCUT2D eigenvalue weighted by molar-refractivity contribution is -0.140. The molecule has 3 aromatic rings. The van der Waals surface area contributed by atoms with Crippen LogP contribution in [0.2, 0.25) is 20.1 Å². The first kappa shape index (κ1) is 32.0. The quantitative estimate of drug-likeness (QED) is 0.251. The van der Waals surface area contributed by atoms with Gasteiger partial charge in [-0.05, 0) is 49.2 Å². The Bertz CT molecular complexity index is 1470. The predicted octanol–water partition coefficient (Wildman–Crippen LogP) is 6.23. The average molecular weight is 645 g/mol. The molecule has 2 amide bonds. The Kier molecular flexibility index (Phi) is 11.1. The van der Waals surface area contributed by atoms with Crippen LogP contribution in [0, 0.1) is 0 Å². The third-order valence-electron chi connectivity index (χ3n) is 5.88. The SMILES string of the molecule is CC(C)NC(=O)[C@@H](Cc1ccccc1)N(Cc1cccc(Cl)c1)C(=O)CN(c1cc(Cl)c(Cl)cc1Cl)S(C)(=O)=O. The van der Waals surface area contributed by atoms with Gasteiger partial charge >= 0.3 is 0 Å². The Morgan fingerprint density at radius 3 is 2.08 bits per heavy atom. The van der Waals surface area contributed by atoms with Crippen LogP contribution in [-0.2, 0) is 32.6 Å². The molecule has 0 saturated heterocycles. The summed E-state index contributed by atoms with van der Waals surface area (Å²) in [5.74, 6) is -1.01. The molecule has 12 heteroatoms. The van der Waals surface area contributed by atoms with Gasteiger partial charge in [0.1, 0.15) is 12.6 Å². The van der Waals surface area contributed by atoms with Crippen LogP contribution >= 0.6 is 46.4 Å². The van der Waals surface area contributed by atoms with Crippen LogP contribution in [0.4, 0.5) is 5.69 Å². The normalized spacial score (nSPS) is 12.2. The number of nitrogens with zero attached hydrogens (tertiary/aromatic N) is 2. The van der Waals surface area contributed by atoms with Gasteiger partial charge in [0.05, 0.1) is 27.0 Å². The number of amides is 2. The smallest absolute Gasteiger partial charge is 0.244 e. The van der Waals surface area contributed by atoms with Crippen LogP contribution in [-0.4, -0.2) is 50.0 Å². The minimum absolute atomic E-state index is 0.00484. The molecule has 1 atom stereocenters. The van der Waals surface area contributed by atoms with Crippen molar-refractivity contribution in [1.82, 2.24) is 10.2 Å². The van der Waals surface area contributed by atoms with Crippen molar-refractivity contribution >= 4 is 73.9 Å². The minimum atomic E-state index is -4.02. The lowest BCUT2D eigenvalue weighted by Gasteiger charge is -2.34. The summed E-state index contributed by atoms with van der Waals surface area (Å²) in [7, 11) is -4.02. The maximum absolute atomic E-state index is 14.1. The molecule has 0 fully saturated rings. The van der Waals surface area contributed by atoms with Crippen LogP contribution in [0.1, 0.15) is 25.0 Å². The predicted molar refractivity (Wildman–Crippen MR) is 163 cm³/mol. The van der Waals surface area contributed by atoms with E-state index in [-0.39, 0.29) is 45.7 Å². The van der Waals surface area contributed by atoms with E-state index in [9.17, 15) is 18.0 Å². The van der Waals surface area contributed by atoms with E-state index in [1.54, 1.807) is 24.3 Å². The van der Waals surface area contributed by atoms with Crippen LogP contribution < -0.4 is 9.62 Å². The molecule has 0 heterocycles. The van der Waals surface area contributed by atoms with Crippen molar-refractivity contribution in [2.24, 2.45) is 0 Å². The van der Waals surface area contributed by atoms with Crippen molar-refractivity contribution in [2.75, 3.05) is 17.1 Å². The van der Waals surface area contributed by atoms with Gasteiger partial charge in [-0.2, -0.15) is 0 Å². The van der Waals surface area contributed by atoms with E-state index < -0.39 is 28.5 Å². The third kappa shape index (κ3) is 8.75. The maximum atomic E-state index is 14.1. The highest BCUT2D eigenvalue weighted by Gasteiger charge is 2.34. The third-order valence-corrected chi connectivity index (χ3v) is 8.27. The van der Waals surface area contributed by atoms with Crippen LogP contribution in [0.3, 0.4) is 0 Å². The van der Waals surface area contributed by atoms with Gasteiger partial charge in [0.2, 0.25) is 21.8 Å². The fourth-order valence-corrected chi connectivity index (χ4v) is 5.82. The van der Waals surface area contributed by atoms with Crippen molar-refractivity contribution in [2.45, 2.75) is 38.9 Å². The van der Waals surface area contributed by atoms with E-state index in [1.807, 2.05) is 44.2 Å². The Morgan fingerprint density at radius 1 is 0.850 bits per heavy atom. The largest absolute Gasteiger partial charge is 0.352 e. The fraction of sp³-hybridized carbons (Fsp3) is 0.286. The van der Waals surface area contributed by atoms with Crippen LogP contribution in [0.5, 0.6) is 0 Å². The van der Waals surface area contributed by atoms with Crippen molar-refractivity contribution in [3.63, 3.8) is 0 Å². The molecular weight excluding hydrogens is 616 g/mol. The number of anilines is 1. The van der Waals surface area contributed by atoms with E-state index in [0.717, 1.165) is 16.1 Å². The summed E-state index contributed by atoms with van der Waals surface area (Å²) < 4.78 is 26.7. The van der Waals surface area contributed by atoms with Crippen LogP contribution in [0.25, 0.3) is 0 Å². The van der Waals surface area contributed by atoms with Crippen molar-refractivity contribution in [3.8, 4) is 0 Å². The standard InChI is InChI=1S/C28H29Cl4N3O4S/c1-18(2)33-28(37)26(13-19-8-5-4-6-9-19)34(16-20-10-7-11-21(29)12-20)27(36)17-35(40(3,38)39)25-15-23(31)22(30)14-24(25)32/h4-12,14-15,18,26H,13,16-17H2,1-3H3,(H,33,37)/t26-/m1/s1. The maximum Gasteiger partial charge on any atom is 0.244 e. The second kappa shape index (κ2) is 13.9. The Balaban J connectivity index is 2.10. The number of carbonyl (C=O) groups excluding carboxylic acids is 2. The molecule has 0 radical (unpaired) electrons. The summed E-state index contributed by atoms with van der Waals surface area (Å²) >= 11 is 24.8. The Hall–Kier alpha value is -2.49. The van der Waals surface area contributed by atoms with Crippen molar-refractivity contribution in [1.29, 1.82) is 0 Å². The Labute approximate surface area is 255 Å². The molecule has 0 aliphatic carbocycles. The molecule has 0 saturated carbocycles. The lowest BCUT2D eigenvalue weighted by Crippen LogP contribution is -2.54. The summed E-state index contributed by atoms with van der Waals surface area (Å²) in [6.07, 6.45) is 1.14. The molecule has 0 spiro atoms. The Morgan fingerprint density at radius 2 is 1.48 bits per heavy atom. The van der Waals surface area contributed by atoms with E-state index in [0.29, 0.717) is 10.6 Å². The zero-order valence-corrected chi connectivity index (χ0v) is 25.9. The van der Waals surface area contributed by atoms with Crippen LogP contribution in [0.15, 0.2) is 66.7 Å². The molecule has 3 rings (SSSR count). The van der Waals surface area contributed by atoms with E-state index in [2.05, 4.69) is 5.32 Å². The van der Waals surface area contributed by atoms with Gasteiger partial charge in [0.25, 0.3) is 0 Å². The van der Waals surface area contributed by atoms with Gasteiger partial charge in [0, 0.05) is 24.0 Å². The van der Waals surface area contributed by atoms with Gasteiger partial charge in [0.15, 0.2) is 0 Å². The van der Waals surface area contributed by atoms with Gasteiger partial charge in [-0.15, -0.1) is 0 Å². The van der Waals surface area contributed by atoms with E-state index >= 15 is 0 Å². The van der Waals surface area contributed by atoms with Gasteiger partial charge in [-0.25, -0.2) is 8.42 Å². The number of carbonyl (C=O) groups is 2. The molecule has 0 aliphatic heterocycles. The average Bonchev–Trinajstić information content (AvgIpc) is 2.86. The number of hydrogen-bond acceptors (Lipinski definition) is 4. The van der Waals surface area contributed by atoms with Gasteiger partial charge in [-0.3, -0.25) is 13.9 Å². The summed E-state index contributed by atoms with van der Waals surface area (Å²) in [6.45, 7) is 2.99. The van der Waals surface area contributed by atoms with Crippen molar-refractivity contribution in [3.05, 3.63) is 97.9 Å². The highest BCUT2D eigenvalue weighted by Crippen LogP contribution is 2.35. The number of rotatable bonds is 11. The zero-order chi connectivity index (χ0) is 29.6. The zero-order valence-electron chi connectivity index (χ0n) is 22.1. The second-order valence-corrected chi connectivity index (χ2v) is 13.1. The first-order chi connectivity index (χ1) is 18.8. The lowest BCUT2D eigenvalue weighted by atomic mass is 10.0. The van der Waals surface area contributed by atoms with Crippen molar-refractivity contribution < 1.29 is 18.0 Å². The topological polar surface area (TPSA) is 86.8 Å². The summed E-state index contributed by atoms with van der Waals surface area (Å²) in [6, 6.07) is 17.6. The first-order valence-corrected chi connectivity index (χ1v) is 15.6. The fourth-order valence-electron chi connectivity index (χ4n) is 4.06. The number of nitrogens with one attached hydrogen (secondary N) is 1. The highest BCUT2D eigenvalue weighted by molar-refractivity contribution is 7.92. The molecule has 0 aromatic heterocycles. The minimum Gasteiger partial charge on any atom is -0.352 e. The molecule has 40 heavy (non-hydrogen) atoms. The van der Waals surface area contributed by atoms with Gasteiger partial charge in [-0.1, -0.05) is 88.9 Å². The number of halogens is 4. The summed E-state index contributed by atoms with van der Waals surface area (Å²) in [4.78, 5) is 28.9. The number of benzene rings is 3. The molecule has 0 bridgehead atoms. The van der Waals surface area contributed by atoms with E-state index in [1.165, 1.54) is 17.0 Å². The first-order valence-electron chi connectivity index (χ1n) is 12.3. The highest BCUT2D eigenvalue weighted by atomic mass is 35.5. The monoisotopic (exact) mass is 643 g/mol. The molecule has 7 nitrogen and oxygen atoms in total. The summed E-state index contributed by atoms with van der Waals surface area (Å²) in [5, 5.41) is 3.53. The second-order valence-electron chi connectivity index (χ2n) is 9.51. The number of hydrogen-bond donors (Lipinski definition) is 1. The van der Waals surface area contributed by atoms with Gasteiger partial charge < -0.3 is 10.2 Å². The molecular formula is C28H29Cl4N3O4S. The number of sulfonamides is 1.